The maximum atomic E-state index is 11.3. The van der Waals surface area contributed by atoms with Crippen LogP contribution in [0.3, 0.4) is 0 Å². The topological polar surface area (TPSA) is 69.7 Å². The first kappa shape index (κ1) is 16.8. The van der Waals surface area contributed by atoms with Crippen LogP contribution in [-0.4, -0.2) is 26.2 Å². The molecule has 0 rings (SSSR count). The fourth-order valence-corrected chi connectivity index (χ4v) is 0.784. The summed E-state index contributed by atoms with van der Waals surface area (Å²) in [5.74, 6) is -2.63. The molecular weight excluding hydrogens is 428 g/mol. The predicted molar refractivity (Wildman–Crippen MR) is 71.0 cm³/mol. The molecule has 17 heavy (non-hydrogen) atoms. The molecule has 0 aromatic heterocycles. The molecule has 0 saturated carbocycles. The van der Waals surface area contributed by atoms with E-state index in [1.54, 1.807) is 0 Å². The maximum Gasteiger partial charge on any atom is 0.354 e. The molecule has 96 valence electrons. The molecule has 0 radical (unpaired) electrons. The number of alkyl halides is 3. The molecule has 1 unspecified atom stereocenters. The highest BCUT2D eigenvalue weighted by atomic mass is 80.0. The molecule has 8 heteroatoms. The van der Waals surface area contributed by atoms with Crippen LogP contribution in [0.5, 0.6) is 0 Å². The van der Waals surface area contributed by atoms with Crippen molar-refractivity contribution in [3.8, 4) is 0 Å². The molecule has 0 aliphatic carbocycles. The lowest BCUT2D eigenvalue weighted by molar-refractivity contribution is -0.170. The van der Waals surface area contributed by atoms with Crippen LogP contribution in [0.1, 0.15) is 13.8 Å². The van der Waals surface area contributed by atoms with Crippen LogP contribution < -0.4 is 0 Å². The molecule has 0 aromatic carbocycles. The zero-order valence-electron chi connectivity index (χ0n) is 8.96. The van der Waals surface area contributed by atoms with Gasteiger partial charge in [0.2, 0.25) is 2.14 Å². The van der Waals surface area contributed by atoms with Gasteiger partial charge < -0.3 is 9.47 Å². The van der Waals surface area contributed by atoms with E-state index in [9.17, 15) is 14.4 Å². The van der Waals surface area contributed by atoms with Gasteiger partial charge in [-0.3, -0.25) is 0 Å². The average molecular weight is 437 g/mol. The molecule has 0 saturated heterocycles. The van der Waals surface area contributed by atoms with Crippen molar-refractivity contribution in [3.63, 3.8) is 0 Å². The molecule has 0 heterocycles. The van der Waals surface area contributed by atoms with Crippen molar-refractivity contribution in [1.82, 2.24) is 0 Å². The highest BCUT2D eigenvalue weighted by molar-refractivity contribution is 9.40. The highest BCUT2D eigenvalue weighted by Crippen LogP contribution is 2.34. The fraction of sp³-hybridized carbons (Fsp3) is 0.444. The van der Waals surface area contributed by atoms with Gasteiger partial charge in [0.1, 0.15) is 0 Å². The van der Waals surface area contributed by atoms with Gasteiger partial charge in [-0.25, -0.2) is 14.4 Å². The second-order valence-corrected chi connectivity index (χ2v) is 9.80. The number of halogens is 3. The molecule has 0 bridgehead atoms. The number of esters is 3. The lowest BCUT2D eigenvalue weighted by atomic mass is 10.3. The van der Waals surface area contributed by atoms with Crippen LogP contribution in [-0.2, 0) is 23.9 Å². The third-order valence-electron chi connectivity index (χ3n) is 1.39. The van der Waals surface area contributed by atoms with E-state index in [0.29, 0.717) is 0 Å². The van der Waals surface area contributed by atoms with Crippen LogP contribution in [0.25, 0.3) is 0 Å². The lowest BCUT2D eigenvalue weighted by Gasteiger charge is -2.14. The van der Waals surface area contributed by atoms with Crippen molar-refractivity contribution < 1.29 is 23.9 Å². The monoisotopic (exact) mass is 434 g/mol. The molecule has 0 aliphatic heterocycles. The Morgan fingerprint density at radius 1 is 1.24 bits per heavy atom. The van der Waals surface area contributed by atoms with Crippen molar-refractivity contribution in [2.75, 3.05) is 0 Å². The Balaban J connectivity index is 4.39. The van der Waals surface area contributed by atoms with Crippen LogP contribution in [0.2, 0.25) is 0 Å². The zero-order valence-corrected chi connectivity index (χ0v) is 13.7. The Bertz CT molecular complexity index is 358. The molecule has 0 aromatic rings. The lowest BCUT2D eigenvalue weighted by Crippen LogP contribution is -2.32. The van der Waals surface area contributed by atoms with Gasteiger partial charge in [-0.1, -0.05) is 6.58 Å². The first-order chi connectivity index (χ1) is 7.55. The number of rotatable bonds is 3. The molecule has 0 aliphatic rings. The predicted octanol–water partition coefficient (Wildman–Crippen LogP) is 2.40. The van der Waals surface area contributed by atoms with Crippen molar-refractivity contribution in [3.05, 3.63) is 12.2 Å². The SMILES string of the molecule is C=C(C)C(=O)OC(C)C(=O)OC(=O)C(Br)(Br)Br. The van der Waals surface area contributed by atoms with Gasteiger partial charge in [0.25, 0.3) is 0 Å². The van der Waals surface area contributed by atoms with E-state index in [0.717, 1.165) is 0 Å². The van der Waals surface area contributed by atoms with Gasteiger partial charge in [0.05, 0.1) is 0 Å². The Labute approximate surface area is 123 Å². The number of hydrogen-bond acceptors (Lipinski definition) is 5. The largest absolute Gasteiger partial charge is 0.447 e. The fourth-order valence-electron chi connectivity index (χ4n) is 0.541. The molecule has 0 N–H and O–H groups in total. The molecular formula is C9H9Br3O5. The number of ether oxygens (including phenoxy) is 2. The van der Waals surface area contributed by atoms with Gasteiger partial charge >= 0.3 is 17.9 Å². The van der Waals surface area contributed by atoms with Crippen LogP contribution in [0.15, 0.2) is 12.2 Å². The zero-order chi connectivity index (χ0) is 13.8. The van der Waals surface area contributed by atoms with Crippen LogP contribution >= 0.6 is 47.8 Å². The van der Waals surface area contributed by atoms with Crippen molar-refractivity contribution in [2.45, 2.75) is 22.1 Å². The second-order valence-electron chi connectivity index (χ2n) is 3.03. The maximum absolute atomic E-state index is 11.3. The standard InChI is InChI=1S/C9H9Br3O5/c1-4(2)6(13)16-5(3)7(14)17-8(15)9(10,11)12/h5H,1H2,2-3H3. The van der Waals surface area contributed by atoms with E-state index < -0.39 is 26.2 Å². The summed E-state index contributed by atoms with van der Waals surface area (Å²) >= 11 is 8.64. The summed E-state index contributed by atoms with van der Waals surface area (Å²) in [6.45, 7) is 6.07. The van der Waals surface area contributed by atoms with Crippen LogP contribution in [0, 0.1) is 0 Å². The number of hydrogen-bond donors (Lipinski definition) is 0. The Morgan fingerprint density at radius 2 is 1.71 bits per heavy atom. The normalized spacial score (nSPS) is 12.5. The summed E-state index contributed by atoms with van der Waals surface area (Å²) < 4.78 is 7.76. The summed E-state index contributed by atoms with van der Waals surface area (Å²) in [7, 11) is 0. The quantitative estimate of drug-likeness (QED) is 0.294. The first-order valence-corrected chi connectivity index (χ1v) is 6.63. The van der Waals surface area contributed by atoms with E-state index in [4.69, 9.17) is 0 Å². The van der Waals surface area contributed by atoms with E-state index in [-0.39, 0.29) is 5.57 Å². The van der Waals surface area contributed by atoms with Gasteiger partial charge in [-0.2, -0.15) is 0 Å². The summed E-state index contributed by atoms with van der Waals surface area (Å²) in [5.41, 5.74) is 0.145. The minimum atomic E-state index is -1.35. The molecule has 0 spiro atoms. The van der Waals surface area contributed by atoms with E-state index >= 15 is 0 Å². The third-order valence-corrected chi connectivity index (χ3v) is 2.36. The second kappa shape index (κ2) is 6.65. The van der Waals surface area contributed by atoms with Gasteiger partial charge in [0, 0.05) is 5.57 Å². The minimum Gasteiger partial charge on any atom is -0.447 e. The van der Waals surface area contributed by atoms with Gasteiger partial charge in [-0.15, -0.1) is 0 Å². The molecule has 1 atom stereocenters. The summed E-state index contributed by atoms with van der Waals surface area (Å²) in [5, 5.41) is 0. The third kappa shape index (κ3) is 6.32. The van der Waals surface area contributed by atoms with E-state index in [2.05, 4.69) is 63.8 Å². The Kier molecular flexibility index (Phi) is 6.57. The van der Waals surface area contributed by atoms with E-state index in [1.165, 1.54) is 13.8 Å². The Hall–Kier alpha value is -0.210. The summed E-state index contributed by atoms with van der Waals surface area (Å²) in [6.07, 6.45) is -1.20. The molecule has 0 amide bonds. The number of carbonyl (C=O) groups excluding carboxylic acids is 3. The van der Waals surface area contributed by atoms with Gasteiger partial charge in [-0.05, 0) is 61.6 Å². The van der Waals surface area contributed by atoms with Crippen molar-refractivity contribution in [2.24, 2.45) is 0 Å². The van der Waals surface area contributed by atoms with E-state index in [1.807, 2.05) is 0 Å². The van der Waals surface area contributed by atoms with Gasteiger partial charge in [0.15, 0.2) is 6.10 Å². The summed E-state index contributed by atoms with van der Waals surface area (Å²) in [6, 6.07) is 0. The van der Waals surface area contributed by atoms with Crippen molar-refractivity contribution in [1.29, 1.82) is 0 Å². The van der Waals surface area contributed by atoms with Crippen LogP contribution in [0.4, 0.5) is 0 Å². The summed E-state index contributed by atoms with van der Waals surface area (Å²) in [4.78, 5) is 33.7. The highest BCUT2D eigenvalue weighted by Gasteiger charge is 2.34. The molecule has 5 nitrogen and oxygen atoms in total. The molecule has 0 fully saturated rings. The average Bonchev–Trinajstić information content (AvgIpc) is 2.15. The Morgan fingerprint density at radius 3 is 2.06 bits per heavy atom. The smallest absolute Gasteiger partial charge is 0.354 e. The van der Waals surface area contributed by atoms with Crippen molar-refractivity contribution >= 4 is 65.7 Å². The minimum absolute atomic E-state index is 0.145. The number of carbonyl (C=O) groups is 3. The first-order valence-electron chi connectivity index (χ1n) is 4.25.